The summed E-state index contributed by atoms with van der Waals surface area (Å²) in [6, 6.07) is 6.49. The lowest BCUT2D eigenvalue weighted by Crippen LogP contribution is -2.27. The highest BCUT2D eigenvalue weighted by Crippen LogP contribution is 2.27. The van der Waals surface area contributed by atoms with Crippen molar-refractivity contribution in [2.24, 2.45) is 0 Å². The molecule has 1 N–H and O–H groups in total. The second-order valence-corrected chi connectivity index (χ2v) is 5.45. The Balaban J connectivity index is 1.86. The molecule has 18 heavy (non-hydrogen) atoms. The van der Waals surface area contributed by atoms with Crippen LogP contribution in [0.2, 0.25) is 0 Å². The van der Waals surface area contributed by atoms with Crippen LogP contribution in [0.25, 0.3) is 10.4 Å². The van der Waals surface area contributed by atoms with E-state index in [4.69, 9.17) is 0 Å². The van der Waals surface area contributed by atoms with Crippen molar-refractivity contribution in [3.63, 3.8) is 0 Å². The number of hydrogen-bond donors (Lipinski definition) is 1. The van der Waals surface area contributed by atoms with Crippen molar-refractivity contribution in [3.05, 3.63) is 36.0 Å². The van der Waals surface area contributed by atoms with Crippen molar-refractivity contribution in [2.75, 3.05) is 31.1 Å². The summed E-state index contributed by atoms with van der Waals surface area (Å²) in [7, 11) is 0. The van der Waals surface area contributed by atoms with Gasteiger partial charge in [0.15, 0.2) is 0 Å². The highest BCUT2D eigenvalue weighted by molar-refractivity contribution is 7.13. The Labute approximate surface area is 111 Å². The lowest BCUT2D eigenvalue weighted by molar-refractivity contribution is 0.724. The van der Waals surface area contributed by atoms with Crippen molar-refractivity contribution in [2.45, 2.75) is 6.42 Å². The van der Waals surface area contributed by atoms with Gasteiger partial charge in [0.05, 0.1) is 11.9 Å². The highest BCUT2D eigenvalue weighted by atomic mass is 32.1. The molecule has 0 amide bonds. The van der Waals surface area contributed by atoms with Crippen LogP contribution in [0.4, 0.5) is 5.69 Å². The maximum absolute atomic E-state index is 4.39. The first-order valence-corrected chi connectivity index (χ1v) is 7.26. The van der Waals surface area contributed by atoms with Crippen molar-refractivity contribution in [1.82, 2.24) is 10.3 Å². The molecule has 4 heteroatoms. The van der Waals surface area contributed by atoms with Crippen LogP contribution in [-0.4, -0.2) is 31.2 Å². The zero-order valence-electron chi connectivity index (χ0n) is 10.3. The highest BCUT2D eigenvalue weighted by Gasteiger charge is 2.10. The number of anilines is 1. The summed E-state index contributed by atoms with van der Waals surface area (Å²) >= 11 is 1.76. The van der Waals surface area contributed by atoms with E-state index in [1.54, 1.807) is 11.3 Å². The number of rotatable bonds is 2. The van der Waals surface area contributed by atoms with Crippen LogP contribution in [0, 0.1) is 0 Å². The second-order valence-electron chi connectivity index (χ2n) is 4.50. The van der Waals surface area contributed by atoms with E-state index in [1.165, 1.54) is 22.5 Å². The van der Waals surface area contributed by atoms with Gasteiger partial charge in [-0.1, -0.05) is 6.07 Å². The lowest BCUT2D eigenvalue weighted by Gasteiger charge is -2.22. The van der Waals surface area contributed by atoms with Gasteiger partial charge < -0.3 is 10.2 Å². The standard InChI is InChI=1S/C14H17N3S/c1-3-14(18-8-1)12-9-13(11-16-10-12)17-6-2-4-15-5-7-17/h1,3,8-11,15H,2,4-7H2. The Morgan fingerprint density at radius 3 is 3.11 bits per heavy atom. The average molecular weight is 259 g/mol. The first kappa shape index (κ1) is 11.7. The first-order chi connectivity index (χ1) is 8.93. The van der Waals surface area contributed by atoms with Gasteiger partial charge in [0.2, 0.25) is 0 Å². The summed E-state index contributed by atoms with van der Waals surface area (Å²) in [5.41, 5.74) is 2.46. The monoisotopic (exact) mass is 259 g/mol. The summed E-state index contributed by atoms with van der Waals surface area (Å²) in [5.74, 6) is 0. The number of pyridine rings is 1. The van der Waals surface area contributed by atoms with Gasteiger partial charge in [0.1, 0.15) is 0 Å². The predicted molar refractivity (Wildman–Crippen MR) is 77.2 cm³/mol. The van der Waals surface area contributed by atoms with Crippen molar-refractivity contribution in [1.29, 1.82) is 0 Å². The molecular weight excluding hydrogens is 242 g/mol. The van der Waals surface area contributed by atoms with Gasteiger partial charge in [-0.2, -0.15) is 0 Å². The third-order valence-electron chi connectivity index (χ3n) is 3.23. The molecule has 0 atom stereocenters. The molecule has 0 radical (unpaired) electrons. The molecule has 0 spiro atoms. The van der Waals surface area contributed by atoms with Gasteiger partial charge in [-0.15, -0.1) is 11.3 Å². The second kappa shape index (κ2) is 5.50. The first-order valence-electron chi connectivity index (χ1n) is 6.38. The van der Waals surface area contributed by atoms with Crippen LogP contribution < -0.4 is 10.2 Å². The van der Waals surface area contributed by atoms with Crippen LogP contribution >= 0.6 is 11.3 Å². The minimum atomic E-state index is 1.06. The number of thiophene rings is 1. The predicted octanol–water partition coefficient (Wildman–Crippen LogP) is 2.61. The maximum Gasteiger partial charge on any atom is 0.0559 e. The van der Waals surface area contributed by atoms with E-state index in [-0.39, 0.29) is 0 Å². The van der Waals surface area contributed by atoms with Crippen molar-refractivity contribution >= 4 is 17.0 Å². The summed E-state index contributed by atoms with van der Waals surface area (Å²) < 4.78 is 0. The van der Waals surface area contributed by atoms with Gasteiger partial charge >= 0.3 is 0 Å². The van der Waals surface area contributed by atoms with Crippen molar-refractivity contribution < 1.29 is 0 Å². The lowest BCUT2D eigenvalue weighted by atomic mass is 10.2. The van der Waals surface area contributed by atoms with E-state index in [2.05, 4.69) is 38.8 Å². The van der Waals surface area contributed by atoms with E-state index >= 15 is 0 Å². The Morgan fingerprint density at radius 1 is 1.22 bits per heavy atom. The minimum Gasteiger partial charge on any atom is -0.369 e. The Kier molecular flexibility index (Phi) is 3.57. The SMILES string of the molecule is c1csc(-c2cncc(N3CCCNCC3)c2)c1. The van der Waals surface area contributed by atoms with E-state index in [0.717, 1.165) is 26.2 Å². The molecule has 3 nitrogen and oxygen atoms in total. The Morgan fingerprint density at radius 2 is 2.22 bits per heavy atom. The number of nitrogens with zero attached hydrogens (tertiary/aromatic N) is 2. The van der Waals surface area contributed by atoms with Crippen LogP contribution in [0.5, 0.6) is 0 Å². The van der Waals surface area contributed by atoms with E-state index in [9.17, 15) is 0 Å². The fourth-order valence-corrected chi connectivity index (χ4v) is 2.99. The molecule has 3 rings (SSSR count). The average Bonchev–Trinajstić information content (AvgIpc) is 2.82. The molecule has 94 valence electrons. The van der Waals surface area contributed by atoms with Crippen LogP contribution in [-0.2, 0) is 0 Å². The topological polar surface area (TPSA) is 28.2 Å². The molecular formula is C14H17N3S. The van der Waals surface area contributed by atoms with E-state index in [0.29, 0.717) is 0 Å². The molecule has 0 aromatic carbocycles. The third-order valence-corrected chi connectivity index (χ3v) is 4.15. The van der Waals surface area contributed by atoms with Crippen LogP contribution in [0.1, 0.15) is 6.42 Å². The Bertz CT molecular complexity index is 488. The molecule has 3 heterocycles. The van der Waals surface area contributed by atoms with Crippen LogP contribution in [0.15, 0.2) is 36.0 Å². The smallest absolute Gasteiger partial charge is 0.0559 e. The van der Waals surface area contributed by atoms with Crippen molar-refractivity contribution in [3.8, 4) is 10.4 Å². The maximum atomic E-state index is 4.39. The normalized spacial score (nSPS) is 16.6. The molecule has 0 bridgehead atoms. The zero-order chi connectivity index (χ0) is 12.2. The minimum absolute atomic E-state index is 1.06. The van der Waals surface area contributed by atoms with Crippen LogP contribution in [0.3, 0.4) is 0 Å². The van der Waals surface area contributed by atoms with E-state index in [1.807, 2.05) is 12.4 Å². The zero-order valence-corrected chi connectivity index (χ0v) is 11.1. The molecule has 1 aliphatic heterocycles. The fraction of sp³-hybridized carbons (Fsp3) is 0.357. The number of aromatic nitrogens is 1. The quantitative estimate of drug-likeness (QED) is 0.898. The molecule has 0 saturated carbocycles. The van der Waals surface area contributed by atoms with Gasteiger partial charge in [-0.05, 0) is 30.5 Å². The van der Waals surface area contributed by atoms with Gasteiger partial charge in [0, 0.05) is 36.3 Å². The number of hydrogen-bond acceptors (Lipinski definition) is 4. The largest absolute Gasteiger partial charge is 0.369 e. The molecule has 2 aromatic rings. The molecule has 2 aromatic heterocycles. The summed E-state index contributed by atoms with van der Waals surface area (Å²) in [6.45, 7) is 4.36. The molecule has 1 aliphatic rings. The van der Waals surface area contributed by atoms with Gasteiger partial charge in [-0.3, -0.25) is 4.98 Å². The van der Waals surface area contributed by atoms with E-state index < -0.39 is 0 Å². The molecule has 0 unspecified atom stereocenters. The van der Waals surface area contributed by atoms with Gasteiger partial charge in [0.25, 0.3) is 0 Å². The molecule has 0 aliphatic carbocycles. The summed E-state index contributed by atoms with van der Waals surface area (Å²) in [4.78, 5) is 8.10. The molecule has 1 fully saturated rings. The molecule has 1 saturated heterocycles. The third kappa shape index (κ3) is 2.54. The van der Waals surface area contributed by atoms with Gasteiger partial charge in [-0.25, -0.2) is 0 Å². The summed E-state index contributed by atoms with van der Waals surface area (Å²) in [5, 5.41) is 5.54. The Hall–Kier alpha value is -1.39. The fourth-order valence-electron chi connectivity index (χ4n) is 2.28. The summed E-state index contributed by atoms with van der Waals surface area (Å²) in [6.07, 6.45) is 5.12. The number of nitrogens with one attached hydrogen (secondary N) is 1.